The molecule has 2 rings (SSSR count). The average Bonchev–Trinajstić information content (AvgIpc) is 2.51. The first-order valence-electron chi connectivity index (χ1n) is 5.38. The van der Waals surface area contributed by atoms with E-state index in [4.69, 9.17) is 5.11 Å². The molecule has 0 amide bonds. The molecule has 1 aromatic rings. The summed E-state index contributed by atoms with van der Waals surface area (Å²) in [7, 11) is 0. The van der Waals surface area contributed by atoms with Gasteiger partial charge in [-0.05, 0) is 6.92 Å². The first-order chi connectivity index (χ1) is 8.72. The highest BCUT2D eigenvalue weighted by molar-refractivity contribution is 5.04. The predicted molar refractivity (Wildman–Crippen MR) is 57.9 cm³/mol. The van der Waals surface area contributed by atoms with E-state index in [0.717, 1.165) is 19.2 Å². The van der Waals surface area contributed by atoms with Gasteiger partial charge >= 0.3 is 5.69 Å². The maximum absolute atomic E-state index is 14.3. The van der Waals surface area contributed by atoms with E-state index in [1.165, 1.54) is 0 Å². The molecule has 1 aliphatic rings. The van der Waals surface area contributed by atoms with Gasteiger partial charge in [-0.2, -0.15) is 0 Å². The Morgan fingerprint density at radius 2 is 2.16 bits per heavy atom. The molecular weight excluding hydrogens is 266 g/mol. The molecule has 0 saturated carbocycles. The zero-order valence-electron chi connectivity index (χ0n) is 9.84. The fraction of sp³-hybridized carbons (Fsp3) is 0.600. The van der Waals surface area contributed by atoms with Crippen molar-refractivity contribution in [2.45, 2.75) is 30.8 Å². The summed E-state index contributed by atoms with van der Waals surface area (Å²) in [5.41, 5.74) is -4.40. The lowest BCUT2D eigenvalue weighted by Crippen LogP contribution is -2.47. The lowest BCUT2D eigenvalue weighted by Gasteiger charge is -2.24. The van der Waals surface area contributed by atoms with Crippen molar-refractivity contribution in [1.29, 1.82) is 0 Å². The highest BCUT2D eigenvalue weighted by atomic mass is 19.2. The van der Waals surface area contributed by atoms with Crippen LogP contribution in [0.4, 0.5) is 8.78 Å². The Balaban J connectivity index is 2.51. The van der Waals surface area contributed by atoms with Crippen LogP contribution >= 0.6 is 0 Å². The summed E-state index contributed by atoms with van der Waals surface area (Å²) in [5.74, 6) is -3.02. The van der Waals surface area contributed by atoms with Crippen molar-refractivity contribution >= 4 is 0 Å². The Morgan fingerprint density at radius 3 is 2.63 bits per heavy atom. The van der Waals surface area contributed by atoms with E-state index in [9.17, 15) is 23.5 Å². The summed E-state index contributed by atoms with van der Waals surface area (Å²) >= 11 is 0. The average molecular weight is 278 g/mol. The van der Waals surface area contributed by atoms with Gasteiger partial charge in [-0.25, -0.2) is 13.6 Å². The van der Waals surface area contributed by atoms with E-state index in [2.05, 4.69) is 4.74 Å². The molecule has 106 valence electrons. The molecule has 2 heterocycles. The molecule has 1 fully saturated rings. The number of hydrogen-bond acceptors (Lipinski definition) is 5. The monoisotopic (exact) mass is 278 g/mol. The van der Waals surface area contributed by atoms with Gasteiger partial charge in [-0.3, -0.25) is 14.3 Å². The quantitative estimate of drug-likeness (QED) is 0.631. The van der Waals surface area contributed by atoms with Crippen LogP contribution in [0.1, 0.15) is 13.2 Å². The number of aromatic amines is 1. The fourth-order valence-electron chi connectivity index (χ4n) is 1.99. The Bertz CT molecular complexity index is 598. The number of H-pyrrole nitrogens is 1. The van der Waals surface area contributed by atoms with Crippen LogP contribution in [0.25, 0.3) is 0 Å². The van der Waals surface area contributed by atoms with Crippen LogP contribution in [0.5, 0.6) is 0 Å². The number of aliphatic hydroxyl groups is 2. The molecule has 0 radical (unpaired) electrons. The van der Waals surface area contributed by atoms with Gasteiger partial charge in [-0.1, -0.05) is 0 Å². The molecule has 3 N–H and O–H groups in total. The maximum atomic E-state index is 14.3. The van der Waals surface area contributed by atoms with Crippen LogP contribution in [0.15, 0.2) is 21.9 Å². The van der Waals surface area contributed by atoms with Gasteiger partial charge in [0.15, 0.2) is 18.0 Å². The fourth-order valence-corrected chi connectivity index (χ4v) is 1.99. The van der Waals surface area contributed by atoms with Crippen LogP contribution in [0, 0.1) is 0 Å². The van der Waals surface area contributed by atoms with Gasteiger partial charge in [0, 0.05) is 12.3 Å². The van der Waals surface area contributed by atoms with Crippen LogP contribution < -0.4 is 11.2 Å². The standard InChI is InChI=1S/C10H12F2N2O5/c1-9(11)6(17)10(12,4-15)19-7(9)14-3-2-5(16)13-8(14)18/h2-3,6-7,15,17H,4H2,1H3,(H,13,16,18)/t6?,7-,9-,10-/m1/s1. The number of nitrogens with zero attached hydrogens (tertiary/aromatic N) is 1. The van der Waals surface area contributed by atoms with Crippen molar-refractivity contribution in [2.75, 3.05) is 6.61 Å². The molecule has 0 spiro atoms. The lowest BCUT2D eigenvalue weighted by atomic mass is 9.97. The third kappa shape index (κ3) is 1.99. The third-order valence-electron chi connectivity index (χ3n) is 3.05. The van der Waals surface area contributed by atoms with E-state index in [-0.39, 0.29) is 0 Å². The van der Waals surface area contributed by atoms with Crippen molar-refractivity contribution < 1.29 is 23.7 Å². The Hall–Kier alpha value is -1.58. The summed E-state index contributed by atoms with van der Waals surface area (Å²) in [6.07, 6.45) is -3.18. The van der Waals surface area contributed by atoms with Gasteiger partial charge in [0.1, 0.15) is 6.61 Å². The molecule has 1 saturated heterocycles. The highest BCUT2D eigenvalue weighted by Gasteiger charge is 2.64. The Morgan fingerprint density at radius 1 is 1.53 bits per heavy atom. The lowest BCUT2D eigenvalue weighted by molar-refractivity contribution is -0.207. The minimum Gasteiger partial charge on any atom is -0.390 e. The smallest absolute Gasteiger partial charge is 0.330 e. The molecule has 7 nitrogen and oxygen atoms in total. The predicted octanol–water partition coefficient (Wildman–Crippen LogP) is -1.19. The second-order valence-corrected chi connectivity index (χ2v) is 4.49. The van der Waals surface area contributed by atoms with E-state index in [1.807, 2.05) is 4.98 Å². The van der Waals surface area contributed by atoms with Gasteiger partial charge < -0.3 is 14.9 Å². The minimum atomic E-state index is -3.02. The van der Waals surface area contributed by atoms with Crippen LogP contribution in [-0.2, 0) is 4.74 Å². The largest absolute Gasteiger partial charge is 0.390 e. The van der Waals surface area contributed by atoms with Crippen molar-refractivity contribution in [1.82, 2.24) is 9.55 Å². The molecule has 0 bridgehead atoms. The summed E-state index contributed by atoms with van der Waals surface area (Å²) < 4.78 is 33.5. The second kappa shape index (κ2) is 4.22. The molecule has 1 unspecified atom stereocenters. The Kier molecular flexibility index (Phi) is 3.07. The molecule has 4 atom stereocenters. The van der Waals surface area contributed by atoms with Gasteiger partial charge in [-0.15, -0.1) is 0 Å². The number of alkyl halides is 2. The number of rotatable bonds is 2. The zero-order valence-corrected chi connectivity index (χ0v) is 9.84. The first-order valence-corrected chi connectivity index (χ1v) is 5.38. The molecule has 0 aliphatic carbocycles. The number of nitrogens with one attached hydrogen (secondary N) is 1. The van der Waals surface area contributed by atoms with Gasteiger partial charge in [0.05, 0.1) is 0 Å². The Labute approximate surface area is 105 Å². The number of ether oxygens (including phenoxy) is 1. The molecule has 1 aliphatic heterocycles. The number of aliphatic hydroxyl groups excluding tert-OH is 2. The van der Waals surface area contributed by atoms with Crippen LogP contribution in [0.2, 0.25) is 0 Å². The topological polar surface area (TPSA) is 105 Å². The van der Waals surface area contributed by atoms with Crippen molar-refractivity contribution in [2.24, 2.45) is 0 Å². The highest BCUT2D eigenvalue weighted by Crippen LogP contribution is 2.46. The van der Waals surface area contributed by atoms with Crippen molar-refractivity contribution in [3.05, 3.63) is 33.1 Å². The molecular formula is C10H12F2N2O5. The number of hydrogen-bond donors (Lipinski definition) is 3. The summed E-state index contributed by atoms with van der Waals surface area (Å²) in [5, 5.41) is 18.4. The van der Waals surface area contributed by atoms with Crippen molar-refractivity contribution in [3.63, 3.8) is 0 Å². The third-order valence-corrected chi connectivity index (χ3v) is 3.05. The second-order valence-electron chi connectivity index (χ2n) is 4.49. The van der Waals surface area contributed by atoms with E-state index in [0.29, 0.717) is 4.57 Å². The first kappa shape index (κ1) is 13.8. The summed E-state index contributed by atoms with van der Waals surface area (Å²) in [6.45, 7) is -0.445. The maximum Gasteiger partial charge on any atom is 0.330 e. The van der Waals surface area contributed by atoms with Gasteiger partial charge in [0.25, 0.3) is 11.4 Å². The molecule has 1 aromatic heterocycles. The van der Waals surface area contributed by atoms with E-state index in [1.54, 1.807) is 0 Å². The van der Waals surface area contributed by atoms with Crippen LogP contribution in [0.3, 0.4) is 0 Å². The van der Waals surface area contributed by atoms with Crippen molar-refractivity contribution in [3.8, 4) is 0 Å². The molecule has 0 aromatic carbocycles. The SMILES string of the molecule is C[C@@]1(F)C(O)[C@@](F)(CO)O[C@H]1n1ccc(=O)[nH]c1=O. The summed E-state index contributed by atoms with van der Waals surface area (Å²) in [4.78, 5) is 24.3. The van der Waals surface area contributed by atoms with Crippen LogP contribution in [-0.4, -0.2) is 44.0 Å². The number of aromatic nitrogens is 2. The minimum absolute atomic E-state index is 0.599. The summed E-state index contributed by atoms with van der Waals surface area (Å²) in [6, 6.07) is 0.921. The molecule has 19 heavy (non-hydrogen) atoms. The van der Waals surface area contributed by atoms with Gasteiger partial charge in [0.2, 0.25) is 0 Å². The molecule has 9 heteroatoms. The van der Waals surface area contributed by atoms with E-state index < -0.39 is 41.7 Å². The van der Waals surface area contributed by atoms with E-state index >= 15 is 0 Å². The number of halogens is 2. The zero-order chi connectivity index (χ0) is 14.4. The normalized spacial score (nSPS) is 38.6.